The average Bonchev–Trinajstić information content (AvgIpc) is 1.64. The molecule has 606 valence electrons. The van der Waals surface area contributed by atoms with Gasteiger partial charge in [-0.1, -0.05) is 99.5 Å². The summed E-state index contributed by atoms with van der Waals surface area (Å²) in [5, 5.41) is 58.1. The fourth-order valence-corrected chi connectivity index (χ4v) is 14.4. The monoisotopic (exact) mass is 1570 g/mol. The quantitative estimate of drug-likeness (QED) is 0.0189. The number of Topliss-reactive ketones (excluding diaryl/α,β-unsaturated/α-hetero) is 2. The minimum absolute atomic E-state index is 0. The van der Waals surface area contributed by atoms with Crippen LogP contribution in [0.15, 0.2) is 73.4 Å². The highest BCUT2D eigenvalue weighted by atomic mass is 33.1. The number of carbonyl (C=O) groups is 14. The van der Waals surface area contributed by atoms with E-state index in [-0.39, 0.29) is 80.3 Å². The Morgan fingerprint density at radius 3 is 1.57 bits per heavy atom. The van der Waals surface area contributed by atoms with E-state index in [0.29, 0.717) is 22.2 Å². The van der Waals surface area contributed by atoms with Gasteiger partial charge in [-0.3, -0.25) is 67.1 Å². The van der Waals surface area contributed by atoms with E-state index in [1.807, 2.05) is 38.1 Å². The number of carbonyl (C=O) groups excluding carboxylic acids is 12. The predicted octanol–water partition coefficient (Wildman–Crippen LogP) is 0.791. The van der Waals surface area contributed by atoms with Crippen LogP contribution < -0.4 is 64.6 Å². The topological polar surface area (TPSA) is 564 Å². The van der Waals surface area contributed by atoms with Crippen molar-refractivity contribution in [3.63, 3.8) is 0 Å². The number of nitrogens with two attached hydrogens (primary N) is 2. The number of ketones is 2. The molecule has 34 nitrogen and oxygen atoms in total. The second kappa shape index (κ2) is 44.8. The Morgan fingerprint density at radius 2 is 1.05 bits per heavy atom. The fourth-order valence-electron chi connectivity index (χ4n) is 12.1. The maximum Gasteiger partial charge on any atom is 0.305 e. The second-order valence-electron chi connectivity index (χ2n) is 29.4. The number of hydrogen-bond acceptors (Lipinski definition) is 20. The Hall–Kier alpha value is -9.75. The Balaban J connectivity index is 0.0000255. The summed E-state index contributed by atoms with van der Waals surface area (Å²) in [5.41, 5.74) is 14.6. The molecular weight excluding hydrogens is 1470 g/mol. The number of aliphatic carboxylic acids is 2. The normalized spacial score (nSPS) is 14.8. The molecule has 0 spiro atoms. The van der Waals surface area contributed by atoms with E-state index >= 15 is 0 Å². The van der Waals surface area contributed by atoms with E-state index in [2.05, 4.69) is 73.1 Å². The third kappa shape index (κ3) is 30.6. The number of benzene rings is 2. The molecule has 5 aromatic rings. The number of H-pyrrole nitrogens is 3. The van der Waals surface area contributed by atoms with Crippen LogP contribution in [0.25, 0.3) is 21.8 Å². The van der Waals surface area contributed by atoms with Gasteiger partial charge in [0.15, 0.2) is 11.6 Å². The number of hydrogen-bond donors (Lipinski definition) is 18. The lowest BCUT2D eigenvalue weighted by Gasteiger charge is -2.29. The first-order chi connectivity index (χ1) is 51.3. The Morgan fingerprint density at radius 1 is 0.536 bits per heavy atom. The van der Waals surface area contributed by atoms with Gasteiger partial charge < -0.3 is 100 Å². The Labute approximate surface area is 646 Å². The molecule has 0 aliphatic heterocycles. The molecule has 10 amide bonds. The zero-order valence-corrected chi connectivity index (χ0v) is 65.6. The summed E-state index contributed by atoms with van der Waals surface area (Å²) in [5.74, 6) is -16.3. The number of aliphatic hydroxyl groups excluding tert-OH is 1. The van der Waals surface area contributed by atoms with Crippen molar-refractivity contribution in [2.75, 3.05) is 24.6 Å². The maximum atomic E-state index is 15.0. The molecule has 0 unspecified atom stereocenters. The molecule has 110 heavy (non-hydrogen) atoms. The molecule has 12 atom stereocenters. The Bertz CT molecular complexity index is 3950. The van der Waals surface area contributed by atoms with Gasteiger partial charge in [-0.2, -0.15) is 0 Å². The van der Waals surface area contributed by atoms with Crippen molar-refractivity contribution >= 4 is 126 Å². The van der Waals surface area contributed by atoms with Crippen LogP contribution in [-0.2, 0) is 86.4 Å². The van der Waals surface area contributed by atoms with Gasteiger partial charge in [-0.25, -0.2) is 4.98 Å². The largest absolute Gasteiger partial charge is 0.481 e. The number of aromatic nitrogens is 4. The van der Waals surface area contributed by atoms with Crippen molar-refractivity contribution in [3.8, 4) is 0 Å². The number of amides is 10. The van der Waals surface area contributed by atoms with E-state index in [9.17, 15) is 82.4 Å². The van der Waals surface area contributed by atoms with Gasteiger partial charge in [-0.15, -0.1) is 0 Å². The molecule has 3 heterocycles. The number of rotatable bonds is 48. The number of nitrogens with zero attached hydrogens (tertiary/aromatic N) is 1. The highest BCUT2D eigenvalue weighted by Crippen LogP contribution is 2.26. The highest BCUT2D eigenvalue weighted by molar-refractivity contribution is 8.76. The van der Waals surface area contributed by atoms with E-state index in [1.54, 1.807) is 92.0 Å². The molecule has 2 aromatic carbocycles. The summed E-state index contributed by atoms with van der Waals surface area (Å²) in [7, 11) is 1.92. The van der Waals surface area contributed by atoms with Crippen LogP contribution in [0.2, 0.25) is 0 Å². The molecule has 36 heteroatoms. The molecule has 0 aliphatic carbocycles. The van der Waals surface area contributed by atoms with Gasteiger partial charge in [0.05, 0.1) is 43.5 Å². The molecule has 22 N–H and O–H groups in total. The standard InChI is InChI=1S/C74H108N16O17S2.H2O/c1-12-78-68(102)57(86-71(105)56(30-61(96)97)90-74(9,10)11)35-108-109-36-58(72(106)89-63(41(8)91)64(76)98)87-69(103)55(27-45-32-80-52-20-16-14-18-49(45)52)85-73(107)62(40(6)7)88-70(104)54(24-39(4)5)84-66(100)42(21-22-60(94)95)25-47(92)34-81-65(99)43(23-38(2)3)28-59(93)53(29-46-33-77-37-82-46)83-67(101)50(75)26-44-31-79-51-19-15-13-17-48(44)51;/h13-20,31-33,37-43,50,53-58,62-63,79-80,90-91H,12,21-30,34-36,75H2,1-11H3,(H2,76,98)(H,77,82)(H,78,102)(H,81,99)(H,83,101)(H,84,100)(H,85,107)(H,86,105)(H,87,103)(H,88,104)(H,89,106)(H,94,95)(H,96,97);1H2/t41-,42+,43+,50-,53-,54-,55-,56-,57-,58-,62-,63-;/m0./s1. The lowest BCUT2D eigenvalue weighted by molar-refractivity contribution is -0.140. The van der Waals surface area contributed by atoms with Crippen LogP contribution in [-0.4, -0.2) is 214 Å². The van der Waals surface area contributed by atoms with Gasteiger partial charge in [0.25, 0.3) is 0 Å². The van der Waals surface area contributed by atoms with Gasteiger partial charge in [0.2, 0.25) is 59.1 Å². The third-order valence-electron chi connectivity index (χ3n) is 17.6. The molecule has 5 rings (SSSR count). The molecule has 3 aromatic heterocycles. The van der Waals surface area contributed by atoms with Crippen molar-refractivity contribution in [2.24, 2.45) is 41.1 Å². The zero-order chi connectivity index (χ0) is 81.0. The van der Waals surface area contributed by atoms with Crippen LogP contribution in [0.3, 0.4) is 0 Å². The van der Waals surface area contributed by atoms with E-state index in [0.717, 1.165) is 38.1 Å². The Kier molecular flexibility index (Phi) is 37.7. The number of imidazole rings is 1. The summed E-state index contributed by atoms with van der Waals surface area (Å²) in [4.78, 5) is 206. The lowest BCUT2D eigenvalue weighted by Crippen LogP contribution is -2.61. The summed E-state index contributed by atoms with van der Waals surface area (Å²) < 4.78 is 0. The van der Waals surface area contributed by atoms with Gasteiger partial charge in [0.1, 0.15) is 36.3 Å². The summed E-state index contributed by atoms with van der Waals surface area (Å²) >= 11 is 0. The van der Waals surface area contributed by atoms with Crippen LogP contribution in [0, 0.1) is 29.6 Å². The number of aromatic amines is 3. The van der Waals surface area contributed by atoms with Gasteiger partial charge >= 0.3 is 11.9 Å². The highest BCUT2D eigenvalue weighted by Gasteiger charge is 2.38. The van der Waals surface area contributed by atoms with Crippen LogP contribution in [0.5, 0.6) is 0 Å². The molecule has 0 bridgehead atoms. The molecule has 0 fully saturated rings. The summed E-state index contributed by atoms with van der Waals surface area (Å²) in [6.45, 7) is 17.9. The van der Waals surface area contributed by atoms with Gasteiger partial charge in [0, 0.05) is 114 Å². The molecular formula is C74H110N16O18S2. The van der Waals surface area contributed by atoms with Crippen molar-refractivity contribution in [1.82, 2.24) is 73.1 Å². The van der Waals surface area contributed by atoms with E-state index in [1.165, 1.54) is 19.4 Å². The van der Waals surface area contributed by atoms with Crippen LogP contribution in [0.1, 0.15) is 138 Å². The predicted molar refractivity (Wildman–Crippen MR) is 415 cm³/mol. The van der Waals surface area contributed by atoms with Gasteiger partial charge in [-0.05, 0) is 101 Å². The van der Waals surface area contributed by atoms with Crippen molar-refractivity contribution in [2.45, 2.75) is 206 Å². The SMILES string of the molecule is CCNC(=O)[C@H](CSSC[C@H](NC(=O)[C@H](Cc1c[nH]c2ccccc12)NC(=O)[C@@H](NC(=O)[C@H](CC(C)C)NC(=O)[C@H](CCC(=O)O)CC(=O)CNC(=O)[C@@H](CC(=O)[C@H](Cc1cnc[nH]1)NC(=O)[C@@H](N)Cc1c[nH]c2ccccc12)CC(C)C)C(C)C)C(=O)N[C@H](C(N)=O)[C@H](C)O)NC(=O)[C@H](CC(=O)O)NC(C)(C)C.O. The molecule has 0 aliphatic rings. The first-order valence-corrected chi connectivity index (χ1v) is 38.8. The number of para-hydroxylation sites is 2. The maximum absolute atomic E-state index is 15.0. The molecule has 0 saturated carbocycles. The second-order valence-corrected chi connectivity index (χ2v) is 32.0. The smallest absolute Gasteiger partial charge is 0.305 e. The van der Waals surface area contributed by atoms with E-state index < -0.39 is 192 Å². The van der Waals surface area contributed by atoms with Crippen molar-refractivity contribution in [1.29, 1.82) is 0 Å². The number of carboxylic acids is 2. The van der Waals surface area contributed by atoms with E-state index in [4.69, 9.17) is 11.5 Å². The zero-order valence-electron chi connectivity index (χ0n) is 64.0. The number of nitrogens with one attached hydrogen (secondary N) is 13. The number of fused-ring (bicyclic) bond motifs is 2. The summed E-state index contributed by atoms with van der Waals surface area (Å²) in [6, 6.07) is 2.22. The first kappa shape index (κ1) is 92.6. The molecule has 0 radical (unpaired) electrons. The lowest BCUT2D eigenvalue weighted by atomic mass is 9.88. The number of likely N-dealkylation sites (N-methyl/N-ethyl adjacent to an activating group) is 1. The fraction of sp³-hybridized carbons (Fsp3) is 0.554. The average molecular weight is 1580 g/mol. The minimum atomic E-state index is -1.65. The van der Waals surface area contributed by atoms with Crippen molar-refractivity contribution < 1.29 is 87.9 Å². The minimum Gasteiger partial charge on any atom is -0.481 e. The number of primary amides is 1. The van der Waals surface area contributed by atoms with Crippen molar-refractivity contribution in [3.05, 3.63) is 90.3 Å². The third-order valence-corrected chi connectivity index (χ3v) is 20.0. The summed E-state index contributed by atoms with van der Waals surface area (Å²) in [6.07, 6.45) is 2.27. The van der Waals surface area contributed by atoms with Crippen LogP contribution in [0.4, 0.5) is 0 Å². The number of aliphatic hydroxyl groups is 1. The molecule has 0 saturated heterocycles. The van der Waals surface area contributed by atoms with Crippen LogP contribution >= 0.6 is 21.6 Å². The first-order valence-electron chi connectivity index (χ1n) is 36.3. The number of carboxylic acid groups (broad SMARTS) is 2.